The number of hydrogen-bond donors (Lipinski definition) is 0. The molecule has 0 N–H and O–H groups in total. The third kappa shape index (κ3) is 2.61. The van der Waals surface area contributed by atoms with Gasteiger partial charge in [-0.05, 0) is 39.3 Å². The van der Waals surface area contributed by atoms with Crippen LogP contribution in [0.1, 0.15) is 32.8 Å². The molecule has 1 aromatic rings. The van der Waals surface area contributed by atoms with Gasteiger partial charge in [0.05, 0.1) is 17.3 Å². The van der Waals surface area contributed by atoms with E-state index in [0.29, 0.717) is 12.1 Å². The summed E-state index contributed by atoms with van der Waals surface area (Å²) in [7, 11) is 0. The van der Waals surface area contributed by atoms with Crippen molar-refractivity contribution in [1.82, 2.24) is 4.90 Å². The molecular formula is C17H21N3O2. The maximum absolute atomic E-state index is 12.2. The summed E-state index contributed by atoms with van der Waals surface area (Å²) in [5.41, 5.74) is 1.20. The van der Waals surface area contributed by atoms with E-state index >= 15 is 0 Å². The minimum atomic E-state index is -0.466. The van der Waals surface area contributed by atoms with E-state index in [0.717, 1.165) is 18.7 Å². The molecule has 1 aromatic carbocycles. The van der Waals surface area contributed by atoms with Crippen LogP contribution in [0.2, 0.25) is 0 Å². The van der Waals surface area contributed by atoms with Crippen molar-refractivity contribution < 1.29 is 9.53 Å². The zero-order chi connectivity index (χ0) is 15.9. The van der Waals surface area contributed by atoms with Crippen molar-refractivity contribution >= 4 is 11.8 Å². The van der Waals surface area contributed by atoms with Gasteiger partial charge in [-0.2, -0.15) is 5.26 Å². The van der Waals surface area contributed by atoms with Gasteiger partial charge in [0, 0.05) is 19.1 Å². The van der Waals surface area contributed by atoms with Crippen LogP contribution >= 0.6 is 0 Å². The van der Waals surface area contributed by atoms with Crippen molar-refractivity contribution in [2.24, 2.45) is 0 Å². The van der Waals surface area contributed by atoms with Gasteiger partial charge >= 0.3 is 6.09 Å². The molecule has 2 bridgehead atoms. The highest BCUT2D eigenvalue weighted by Crippen LogP contribution is 2.36. The minimum Gasteiger partial charge on any atom is -0.444 e. The Bertz CT molecular complexity index is 630. The average molecular weight is 299 g/mol. The summed E-state index contributed by atoms with van der Waals surface area (Å²) in [6.07, 6.45) is 0.715. The summed E-state index contributed by atoms with van der Waals surface area (Å²) in [4.78, 5) is 16.3. The van der Waals surface area contributed by atoms with Gasteiger partial charge in [-0.25, -0.2) is 4.79 Å². The molecular weight excluding hydrogens is 278 g/mol. The standard InChI is InChI=1S/C17H21N3O2/c1-17(2,3)22-16(21)20-11-13-8-14(20)10-19(13)15-7-5-4-6-12(15)9-18/h4-7,13-14H,8,10-11H2,1-3H3. The average Bonchev–Trinajstić information content (AvgIpc) is 3.05. The Hall–Kier alpha value is -2.22. The highest BCUT2D eigenvalue weighted by Gasteiger charge is 2.46. The summed E-state index contributed by atoms with van der Waals surface area (Å²) in [6.45, 7) is 7.08. The lowest BCUT2D eigenvalue weighted by atomic mass is 10.1. The topological polar surface area (TPSA) is 56.6 Å². The fourth-order valence-electron chi connectivity index (χ4n) is 3.32. The number of nitrogens with zero attached hydrogens (tertiary/aromatic N) is 3. The monoisotopic (exact) mass is 299 g/mol. The normalized spacial score (nSPS) is 23.5. The molecule has 0 radical (unpaired) electrons. The molecule has 2 atom stereocenters. The van der Waals surface area contributed by atoms with Crippen molar-refractivity contribution in [3.63, 3.8) is 0 Å². The number of likely N-dealkylation sites (tertiary alicyclic amines) is 1. The zero-order valence-corrected chi connectivity index (χ0v) is 13.2. The first kappa shape index (κ1) is 14.7. The number of hydrogen-bond acceptors (Lipinski definition) is 4. The van der Waals surface area contributed by atoms with Gasteiger partial charge in [-0.1, -0.05) is 12.1 Å². The van der Waals surface area contributed by atoms with Gasteiger partial charge < -0.3 is 14.5 Å². The number of nitriles is 1. The lowest BCUT2D eigenvalue weighted by Gasteiger charge is -2.36. The smallest absolute Gasteiger partial charge is 0.410 e. The quantitative estimate of drug-likeness (QED) is 0.800. The van der Waals surface area contributed by atoms with Crippen molar-refractivity contribution in [2.45, 2.75) is 44.9 Å². The highest BCUT2D eigenvalue weighted by molar-refractivity contribution is 5.71. The van der Waals surface area contributed by atoms with Crippen LogP contribution in [0.3, 0.4) is 0 Å². The van der Waals surface area contributed by atoms with Crippen LogP contribution in [0, 0.1) is 11.3 Å². The van der Waals surface area contributed by atoms with Gasteiger partial charge in [0.25, 0.3) is 0 Å². The summed E-state index contributed by atoms with van der Waals surface area (Å²) in [5, 5.41) is 9.26. The first-order valence-corrected chi connectivity index (χ1v) is 7.64. The molecule has 2 aliphatic rings. The second kappa shape index (κ2) is 5.20. The Kier molecular flexibility index (Phi) is 3.48. The molecule has 22 heavy (non-hydrogen) atoms. The largest absolute Gasteiger partial charge is 0.444 e. The second-order valence-corrected chi connectivity index (χ2v) is 6.96. The molecule has 116 valence electrons. The van der Waals surface area contributed by atoms with Gasteiger partial charge in [0.2, 0.25) is 0 Å². The van der Waals surface area contributed by atoms with E-state index in [1.807, 2.05) is 49.9 Å². The molecule has 2 heterocycles. The molecule has 1 amide bonds. The van der Waals surface area contributed by atoms with E-state index in [1.54, 1.807) is 0 Å². The number of carbonyl (C=O) groups is 1. The van der Waals surface area contributed by atoms with Crippen molar-refractivity contribution in [2.75, 3.05) is 18.0 Å². The zero-order valence-electron chi connectivity index (χ0n) is 13.2. The summed E-state index contributed by atoms with van der Waals surface area (Å²) in [5.74, 6) is 0. The van der Waals surface area contributed by atoms with Crippen LogP contribution in [0.5, 0.6) is 0 Å². The van der Waals surface area contributed by atoms with Crippen LogP contribution in [0.15, 0.2) is 24.3 Å². The molecule has 0 aliphatic carbocycles. The first-order valence-electron chi connectivity index (χ1n) is 7.64. The van der Waals surface area contributed by atoms with Crippen LogP contribution in [0.4, 0.5) is 10.5 Å². The Balaban J connectivity index is 1.73. The molecule has 0 saturated carbocycles. The summed E-state index contributed by atoms with van der Waals surface area (Å²) < 4.78 is 5.48. The van der Waals surface area contributed by atoms with E-state index in [2.05, 4.69) is 11.0 Å². The predicted molar refractivity (Wildman–Crippen MR) is 83.6 cm³/mol. The fraction of sp³-hybridized carbons (Fsp3) is 0.529. The molecule has 2 unspecified atom stereocenters. The van der Waals surface area contributed by atoms with E-state index in [4.69, 9.17) is 4.74 Å². The molecule has 3 rings (SSSR count). The van der Waals surface area contributed by atoms with Crippen LogP contribution in [0.25, 0.3) is 0 Å². The Labute approximate surface area is 131 Å². The summed E-state index contributed by atoms with van der Waals surface area (Å²) >= 11 is 0. The SMILES string of the molecule is CC(C)(C)OC(=O)N1CC2CC1CN2c1ccccc1C#N. The van der Waals surface area contributed by atoms with Crippen molar-refractivity contribution in [3.05, 3.63) is 29.8 Å². The van der Waals surface area contributed by atoms with Crippen molar-refractivity contribution in [1.29, 1.82) is 5.26 Å². The highest BCUT2D eigenvalue weighted by atomic mass is 16.6. The van der Waals surface area contributed by atoms with E-state index in [1.165, 1.54) is 0 Å². The number of anilines is 1. The number of benzene rings is 1. The molecule has 5 heteroatoms. The van der Waals surface area contributed by atoms with Crippen LogP contribution in [-0.4, -0.2) is 41.8 Å². The maximum atomic E-state index is 12.2. The van der Waals surface area contributed by atoms with E-state index in [-0.39, 0.29) is 18.2 Å². The third-order valence-electron chi connectivity index (χ3n) is 4.20. The maximum Gasteiger partial charge on any atom is 0.410 e. The number of carbonyl (C=O) groups excluding carboxylic acids is 1. The number of para-hydroxylation sites is 1. The van der Waals surface area contributed by atoms with Crippen LogP contribution in [-0.2, 0) is 4.74 Å². The van der Waals surface area contributed by atoms with Gasteiger partial charge in [0.15, 0.2) is 0 Å². The molecule has 2 saturated heterocycles. The number of fused-ring (bicyclic) bond motifs is 2. The van der Waals surface area contributed by atoms with Gasteiger partial charge in [0.1, 0.15) is 11.7 Å². The molecule has 0 spiro atoms. The van der Waals surface area contributed by atoms with E-state index in [9.17, 15) is 10.1 Å². The lowest BCUT2D eigenvalue weighted by molar-refractivity contribution is 0.0215. The molecule has 2 fully saturated rings. The van der Waals surface area contributed by atoms with Crippen molar-refractivity contribution in [3.8, 4) is 6.07 Å². The number of rotatable bonds is 1. The first-order chi connectivity index (χ1) is 10.4. The Morgan fingerprint density at radius 3 is 2.59 bits per heavy atom. The minimum absolute atomic E-state index is 0.173. The van der Waals surface area contributed by atoms with E-state index < -0.39 is 5.60 Å². The number of ether oxygens (including phenoxy) is 1. The number of piperazine rings is 1. The third-order valence-corrected chi connectivity index (χ3v) is 4.20. The predicted octanol–water partition coefficient (Wildman–Crippen LogP) is 2.76. The van der Waals surface area contributed by atoms with Gasteiger partial charge in [-0.3, -0.25) is 0 Å². The Morgan fingerprint density at radius 2 is 2.00 bits per heavy atom. The fourth-order valence-corrected chi connectivity index (χ4v) is 3.32. The summed E-state index contributed by atoms with van der Waals surface area (Å²) in [6, 6.07) is 10.3. The lowest BCUT2D eigenvalue weighted by Crippen LogP contribution is -2.50. The Morgan fingerprint density at radius 1 is 1.27 bits per heavy atom. The second-order valence-electron chi connectivity index (χ2n) is 6.96. The number of amides is 1. The molecule has 2 aliphatic heterocycles. The molecule has 0 aromatic heterocycles. The van der Waals surface area contributed by atoms with Crippen LogP contribution < -0.4 is 4.90 Å². The van der Waals surface area contributed by atoms with Gasteiger partial charge in [-0.15, -0.1) is 0 Å². The molecule has 5 nitrogen and oxygen atoms in total.